The maximum atomic E-state index is 14.3. The summed E-state index contributed by atoms with van der Waals surface area (Å²) in [5, 5.41) is 8.15. The van der Waals surface area contributed by atoms with Gasteiger partial charge in [0, 0.05) is 44.9 Å². The molecular weight excluding hydrogens is 567 g/mol. The molecule has 1 amide bonds. The van der Waals surface area contributed by atoms with Crippen molar-refractivity contribution >= 4 is 52.0 Å². The molecule has 1 unspecified atom stereocenters. The average molecular weight is 599 g/mol. The van der Waals surface area contributed by atoms with E-state index in [-0.39, 0.29) is 40.1 Å². The standard InChI is InChI=1S/C28H32ClFN8O2S/c1-15-12-18(16(2)32-21-6-7-22(29)33-24(21)26(39)35-41-5)23-19(13-15)27(40)36(3)28(34-23)38-10-8-17(9-11-38)25-20(30)14-31-37(25)4/h6-7,12-14,16-17,32H,8-11H2,1-5H3,(H,35,39). The Labute approximate surface area is 246 Å². The topological polar surface area (TPSA) is 110 Å². The number of piperidine rings is 1. The summed E-state index contributed by atoms with van der Waals surface area (Å²) in [6.45, 7) is 5.14. The minimum Gasteiger partial charge on any atom is -0.377 e. The number of anilines is 2. The van der Waals surface area contributed by atoms with E-state index in [2.05, 4.69) is 25.0 Å². The van der Waals surface area contributed by atoms with Crippen LogP contribution in [0.3, 0.4) is 0 Å². The molecule has 13 heteroatoms. The Morgan fingerprint density at radius 3 is 2.59 bits per heavy atom. The van der Waals surface area contributed by atoms with E-state index in [1.807, 2.05) is 26.0 Å². The molecule has 0 spiro atoms. The van der Waals surface area contributed by atoms with Crippen LogP contribution in [0.4, 0.5) is 16.0 Å². The van der Waals surface area contributed by atoms with E-state index in [0.717, 1.165) is 11.1 Å². The molecule has 0 saturated carbocycles. The number of fused-ring (bicyclic) bond motifs is 1. The molecule has 0 aliphatic carbocycles. The van der Waals surface area contributed by atoms with E-state index < -0.39 is 0 Å². The fourth-order valence-corrected chi connectivity index (χ4v) is 5.99. The minimum atomic E-state index is -0.368. The second-order valence-corrected chi connectivity index (χ2v) is 11.3. The van der Waals surface area contributed by atoms with Crippen molar-refractivity contribution in [3.63, 3.8) is 0 Å². The van der Waals surface area contributed by atoms with Crippen LogP contribution in [0.1, 0.15) is 59.0 Å². The highest BCUT2D eigenvalue weighted by molar-refractivity contribution is 7.97. The average Bonchev–Trinajstić information content (AvgIpc) is 3.29. The molecule has 1 saturated heterocycles. The summed E-state index contributed by atoms with van der Waals surface area (Å²) in [4.78, 5) is 37.6. The lowest BCUT2D eigenvalue weighted by molar-refractivity contribution is 0.0980. The molecule has 0 radical (unpaired) electrons. The maximum absolute atomic E-state index is 14.3. The lowest BCUT2D eigenvalue weighted by atomic mass is 9.93. The Bertz CT molecular complexity index is 1660. The largest absolute Gasteiger partial charge is 0.377 e. The Kier molecular flexibility index (Phi) is 8.23. The van der Waals surface area contributed by atoms with Crippen LogP contribution in [-0.4, -0.2) is 49.6 Å². The molecule has 2 N–H and O–H groups in total. The van der Waals surface area contributed by atoms with Crippen molar-refractivity contribution in [2.24, 2.45) is 14.1 Å². The Morgan fingerprint density at radius 2 is 1.93 bits per heavy atom. The molecule has 1 atom stereocenters. The van der Waals surface area contributed by atoms with Gasteiger partial charge in [0.15, 0.2) is 11.5 Å². The monoisotopic (exact) mass is 598 g/mol. The van der Waals surface area contributed by atoms with E-state index in [4.69, 9.17) is 16.6 Å². The van der Waals surface area contributed by atoms with E-state index in [1.54, 1.807) is 41.7 Å². The second-order valence-electron chi connectivity index (χ2n) is 10.3. The van der Waals surface area contributed by atoms with Crippen LogP contribution < -0.4 is 20.5 Å². The van der Waals surface area contributed by atoms with Gasteiger partial charge < -0.3 is 10.2 Å². The molecule has 4 aromatic rings. The summed E-state index contributed by atoms with van der Waals surface area (Å²) in [6.07, 6.45) is 4.44. The van der Waals surface area contributed by atoms with Crippen molar-refractivity contribution in [2.45, 2.75) is 38.6 Å². The first-order valence-electron chi connectivity index (χ1n) is 13.3. The predicted octanol–water partition coefficient (Wildman–Crippen LogP) is 4.73. The van der Waals surface area contributed by atoms with Gasteiger partial charge in [0.05, 0.1) is 34.5 Å². The van der Waals surface area contributed by atoms with Crippen LogP contribution >= 0.6 is 23.5 Å². The van der Waals surface area contributed by atoms with Gasteiger partial charge in [0.2, 0.25) is 5.95 Å². The van der Waals surface area contributed by atoms with Gasteiger partial charge in [-0.2, -0.15) is 5.10 Å². The minimum absolute atomic E-state index is 0.0455. The van der Waals surface area contributed by atoms with Crippen LogP contribution in [0.2, 0.25) is 5.15 Å². The summed E-state index contributed by atoms with van der Waals surface area (Å²) in [6, 6.07) is 6.86. The third-order valence-electron chi connectivity index (χ3n) is 7.54. The lowest BCUT2D eigenvalue weighted by Crippen LogP contribution is -2.38. The third kappa shape index (κ3) is 5.62. The van der Waals surface area contributed by atoms with Gasteiger partial charge in [-0.25, -0.2) is 14.4 Å². The SMILES string of the molecule is CSNC(=O)c1nc(Cl)ccc1NC(C)c1cc(C)cc2c(=O)n(C)c(N3CCC(c4c(F)cnn4C)CC3)nc12. The lowest BCUT2D eigenvalue weighted by Gasteiger charge is -2.33. The first-order valence-corrected chi connectivity index (χ1v) is 14.9. The number of halogens is 2. The molecule has 5 rings (SSSR count). The van der Waals surface area contributed by atoms with E-state index >= 15 is 0 Å². The van der Waals surface area contributed by atoms with Crippen LogP contribution in [0, 0.1) is 12.7 Å². The van der Waals surface area contributed by atoms with Gasteiger partial charge in [-0.1, -0.05) is 29.6 Å². The molecule has 10 nitrogen and oxygen atoms in total. The normalized spacial score (nSPS) is 14.9. The molecular formula is C28H32ClFN8O2S. The van der Waals surface area contributed by atoms with Crippen LogP contribution in [0.15, 0.2) is 35.3 Å². The number of amides is 1. The van der Waals surface area contributed by atoms with Crippen molar-refractivity contribution in [1.82, 2.24) is 29.0 Å². The van der Waals surface area contributed by atoms with Gasteiger partial charge in [-0.3, -0.25) is 23.6 Å². The molecule has 216 valence electrons. The third-order valence-corrected chi connectivity index (χ3v) is 8.14. The number of hydrogen-bond acceptors (Lipinski definition) is 8. The molecule has 1 fully saturated rings. The highest BCUT2D eigenvalue weighted by atomic mass is 35.5. The molecule has 1 aromatic carbocycles. The zero-order valence-electron chi connectivity index (χ0n) is 23.5. The quantitative estimate of drug-likeness (QED) is 0.232. The predicted molar refractivity (Wildman–Crippen MR) is 161 cm³/mol. The number of nitrogens with one attached hydrogen (secondary N) is 2. The Balaban J connectivity index is 1.49. The van der Waals surface area contributed by atoms with Crippen LogP contribution in [0.25, 0.3) is 10.9 Å². The zero-order valence-corrected chi connectivity index (χ0v) is 25.1. The zero-order chi connectivity index (χ0) is 29.4. The van der Waals surface area contributed by atoms with Crippen molar-refractivity contribution in [3.8, 4) is 0 Å². The molecule has 1 aliphatic rings. The van der Waals surface area contributed by atoms with Gasteiger partial charge in [-0.05, 0) is 50.5 Å². The number of pyridine rings is 1. The van der Waals surface area contributed by atoms with Crippen molar-refractivity contribution in [2.75, 3.05) is 29.6 Å². The number of carbonyl (C=O) groups is 1. The first-order chi connectivity index (χ1) is 19.6. The summed E-state index contributed by atoms with van der Waals surface area (Å²) in [7, 11) is 3.49. The second kappa shape index (κ2) is 11.7. The molecule has 4 heterocycles. The number of aryl methyl sites for hydroxylation is 2. The van der Waals surface area contributed by atoms with Crippen molar-refractivity contribution < 1.29 is 9.18 Å². The number of hydrogen-bond donors (Lipinski definition) is 2. The first kappa shape index (κ1) is 28.9. The smallest absolute Gasteiger partial charge is 0.281 e. The summed E-state index contributed by atoms with van der Waals surface area (Å²) < 4.78 is 20.2. The molecule has 41 heavy (non-hydrogen) atoms. The number of rotatable bonds is 7. The molecule has 3 aromatic heterocycles. The summed E-state index contributed by atoms with van der Waals surface area (Å²) in [5.74, 6) is -0.0396. The van der Waals surface area contributed by atoms with Gasteiger partial charge in [0.1, 0.15) is 5.15 Å². The Hall–Kier alpha value is -3.64. The number of aromatic nitrogens is 5. The van der Waals surface area contributed by atoms with E-state index in [1.165, 1.54) is 18.1 Å². The van der Waals surface area contributed by atoms with E-state index in [9.17, 15) is 14.0 Å². The van der Waals surface area contributed by atoms with Crippen molar-refractivity contribution in [3.05, 3.63) is 74.3 Å². The van der Waals surface area contributed by atoms with Gasteiger partial charge in [-0.15, -0.1) is 0 Å². The number of benzene rings is 1. The highest BCUT2D eigenvalue weighted by Crippen LogP contribution is 2.33. The van der Waals surface area contributed by atoms with E-state index in [0.29, 0.717) is 54.2 Å². The fraction of sp³-hybridized carbons (Fsp3) is 0.393. The Morgan fingerprint density at radius 1 is 1.20 bits per heavy atom. The fourth-order valence-electron chi connectivity index (χ4n) is 5.56. The summed E-state index contributed by atoms with van der Waals surface area (Å²) >= 11 is 7.26. The molecule has 0 bridgehead atoms. The molecule has 1 aliphatic heterocycles. The maximum Gasteiger partial charge on any atom is 0.281 e. The van der Waals surface area contributed by atoms with Gasteiger partial charge in [0.25, 0.3) is 11.5 Å². The van der Waals surface area contributed by atoms with Crippen LogP contribution in [0.5, 0.6) is 0 Å². The van der Waals surface area contributed by atoms with Crippen LogP contribution in [-0.2, 0) is 14.1 Å². The van der Waals surface area contributed by atoms with Gasteiger partial charge >= 0.3 is 0 Å². The number of carbonyl (C=O) groups excluding carboxylic acids is 1. The summed E-state index contributed by atoms with van der Waals surface area (Å²) in [5.41, 5.74) is 3.48. The number of nitrogens with zero attached hydrogens (tertiary/aromatic N) is 6. The van der Waals surface area contributed by atoms with Crippen molar-refractivity contribution in [1.29, 1.82) is 0 Å². The highest BCUT2D eigenvalue weighted by Gasteiger charge is 2.28.